The highest BCUT2D eigenvalue weighted by Gasteiger charge is 2.25. The van der Waals surface area contributed by atoms with Gasteiger partial charge in [-0.2, -0.15) is 0 Å². The van der Waals surface area contributed by atoms with E-state index in [1.807, 2.05) is 17.0 Å². The number of hydrogen-bond acceptors (Lipinski definition) is 5. The molecule has 1 aliphatic rings. The monoisotopic (exact) mass is 372 g/mol. The van der Waals surface area contributed by atoms with Gasteiger partial charge in [-0.25, -0.2) is 0 Å². The number of ether oxygens (including phenoxy) is 3. The Hall–Kier alpha value is -1.66. The van der Waals surface area contributed by atoms with Crippen molar-refractivity contribution in [2.45, 2.75) is 38.1 Å². The number of methoxy groups -OCH3 is 3. The predicted octanol–water partition coefficient (Wildman–Crippen LogP) is 2.41. The van der Waals surface area contributed by atoms with Gasteiger partial charge in [0.25, 0.3) is 0 Å². The highest BCUT2D eigenvalue weighted by molar-refractivity contribution is 5.85. The Morgan fingerprint density at radius 1 is 1.16 bits per heavy atom. The molecule has 7 heteroatoms. The highest BCUT2D eigenvalue weighted by atomic mass is 35.5. The first-order valence-corrected chi connectivity index (χ1v) is 8.43. The Morgan fingerprint density at radius 3 is 2.32 bits per heavy atom. The average molecular weight is 373 g/mol. The van der Waals surface area contributed by atoms with Crippen LogP contribution in [-0.2, 0) is 11.2 Å². The minimum absolute atomic E-state index is 0. The van der Waals surface area contributed by atoms with Gasteiger partial charge in [-0.05, 0) is 43.4 Å². The molecule has 0 aromatic heterocycles. The summed E-state index contributed by atoms with van der Waals surface area (Å²) in [7, 11) is 4.75. The van der Waals surface area contributed by atoms with Crippen LogP contribution in [0.4, 0.5) is 0 Å². The van der Waals surface area contributed by atoms with Crippen molar-refractivity contribution in [3.63, 3.8) is 0 Å². The minimum atomic E-state index is 0. The number of benzene rings is 1. The lowest BCUT2D eigenvalue weighted by Gasteiger charge is -2.35. The molecule has 0 aliphatic carbocycles. The molecular formula is C18H29ClN2O4. The summed E-state index contributed by atoms with van der Waals surface area (Å²) in [6, 6.07) is 3.97. The van der Waals surface area contributed by atoms with Crippen molar-refractivity contribution >= 4 is 18.3 Å². The second kappa shape index (κ2) is 10.4. The van der Waals surface area contributed by atoms with Crippen LogP contribution in [0.1, 0.15) is 31.2 Å². The van der Waals surface area contributed by atoms with Crippen LogP contribution in [0.15, 0.2) is 12.1 Å². The van der Waals surface area contributed by atoms with Crippen molar-refractivity contribution in [1.29, 1.82) is 0 Å². The van der Waals surface area contributed by atoms with E-state index in [0.717, 1.165) is 31.4 Å². The van der Waals surface area contributed by atoms with Gasteiger partial charge in [-0.3, -0.25) is 4.79 Å². The topological polar surface area (TPSA) is 74.0 Å². The highest BCUT2D eigenvalue weighted by Crippen LogP contribution is 2.38. The number of piperidine rings is 1. The number of hydrogen-bond donors (Lipinski definition) is 1. The zero-order valence-corrected chi connectivity index (χ0v) is 16.1. The van der Waals surface area contributed by atoms with Gasteiger partial charge in [0, 0.05) is 25.6 Å². The largest absolute Gasteiger partial charge is 0.493 e. The number of likely N-dealkylation sites (tertiary alicyclic amines) is 1. The predicted molar refractivity (Wildman–Crippen MR) is 100 cm³/mol. The third-order valence-electron chi connectivity index (χ3n) is 4.57. The molecule has 1 aliphatic heterocycles. The maximum atomic E-state index is 12.6. The molecule has 1 saturated heterocycles. The number of nitrogens with two attached hydrogens (primary N) is 1. The Labute approximate surface area is 156 Å². The molecule has 1 heterocycles. The van der Waals surface area contributed by atoms with Crippen molar-refractivity contribution in [3.05, 3.63) is 17.7 Å². The molecule has 1 unspecified atom stereocenters. The third kappa shape index (κ3) is 5.16. The number of halogens is 1. The Kier molecular flexibility index (Phi) is 8.86. The summed E-state index contributed by atoms with van der Waals surface area (Å²) < 4.78 is 16.0. The van der Waals surface area contributed by atoms with Crippen LogP contribution in [0.2, 0.25) is 0 Å². The summed E-state index contributed by atoms with van der Waals surface area (Å²) in [6.07, 6.45) is 4.30. The standard InChI is InChI=1S/C18H28N2O4.ClH/c1-22-15-10-13(11-16(23-2)18(15)24-3)7-8-17(21)20-9-5-4-6-14(20)12-19;/h10-11,14H,4-9,12,19H2,1-3H3;1H. The fourth-order valence-corrected chi connectivity index (χ4v) is 3.25. The SMILES string of the molecule is COc1cc(CCC(=O)N2CCCCC2CN)cc(OC)c1OC.Cl. The molecule has 25 heavy (non-hydrogen) atoms. The lowest BCUT2D eigenvalue weighted by atomic mass is 10.0. The van der Waals surface area contributed by atoms with Crippen LogP contribution in [-0.4, -0.2) is 51.3 Å². The molecule has 0 radical (unpaired) electrons. The van der Waals surface area contributed by atoms with E-state index in [9.17, 15) is 4.79 Å². The molecule has 1 atom stereocenters. The molecule has 2 N–H and O–H groups in total. The number of nitrogens with zero attached hydrogens (tertiary/aromatic N) is 1. The smallest absolute Gasteiger partial charge is 0.223 e. The quantitative estimate of drug-likeness (QED) is 0.795. The first-order chi connectivity index (χ1) is 11.6. The number of rotatable bonds is 7. The average Bonchev–Trinajstić information content (AvgIpc) is 2.64. The van der Waals surface area contributed by atoms with Gasteiger partial charge in [0.15, 0.2) is 11.5 Å². The van der Waals surface area contributed by atoms with Gasteiger partial charge in [0.1, 0.15) is 0 Å². The van der Waals surface area contributed by atoms with Crippen LogP contribution in [0, 0.1) is 0 Å². The molecular weight excluding hydrogens is 344 g/mol. The van der Waals surface area contributed by atoms with E-state index in [-0.39, 0.29) is 24.4 Å². The van der Waals surface area contributed by atoms with Gasteiger partial charge in [-0.1, -0.05) is 0 Å². The second-order valence-electron chi connectivity index (χ2n) is 6.01. The molecule has 0 bridgehead atoms. The van der Waals surface area contributed by atoms with Crippen molar-refractivity contribution in [2.75, 3.05) is 34.4 Å². The normalized spacial score (nSPS) is 16.8. The summed E-state index contributed by atoms with van der Waals surface area (Å²) in [4.78, 5) is 14.5. The van der Waals surface area contributed by atoms with Crippen molar-refractivity contribution in [3.8, 4) is 17.2 Å². The maximum Gasteiger partial charge on any atom is 0.223 e. The molecule has 1 aromatic rings. The minimum Gasteiger partial charge on any atom is -0.493 e. The van der Waals surface area contributed by atoms with E-state index in [1.165, 1.54) is 0 Å². The summed E-state index contributed by atoms with van der Waals surface area (Å²) in [5.41, 5.74) is 6.79. The van der Waals surface area contributed by atoms with Crippen LogP contribution in [0.3, 0.4) is 0 Å². The number of amides is 1. The van der Waals surface area contributed by atoms with Crippen molar-refractivity contribution in [1.82, 2.24) is 4.90 Å². The molecule has 1 fully saturated rings. The van der Waals surface area contributed by atoms with E-state index in [1.54, 1.807) is 21.3 Å². The zero-order chi connectivity index (χ0) is 17.5. The van der Waals surface area contributed by atoms with E-state index in [0.29, 0.717) is 36.6 Å². The maximum absolute atomic E-state index is 12.6. The van der Waals surface area contributed by atoms with Crippen molar-refractivity contribution in [2.24, 2.45) is 5.73 Å². The first kappa shape index (κ1) is 21.4. The molecule has 6 nitrogen and oxygen atoms in total. The van der Waals surface area contributed by atoms with Crippen LogP contribution in [0.5, 0.6) is 17.2 Å². The second-order valence-corrected chi connectivity index (χ2v) is 6.01. The Morgan fingerprint density at radius 2 is 1.80 bits per heavy atom. The number of carbonyl (C=O) groups is 1. The van der Waals surface area contributed by atoms with Gasteiger partial charge in [-0.15, -0.1) is 12.4 Å². The van der Waals surface area contributed by atoms with Crippen molar-refractivity contribution < 1.29 is 19.0 Å². The van der Waals surface area contributed by atoms with Gasteiger partial charge < -0.3 is 24.8 Å². The molecule has 1 aromatic carbocycles. The fourth-order valence-electron chi connectivity index (χ4n) is 3.25. The molecule has 142 valence electrons. The van der Waals surface area contributed by atoms with E-state index < -0.39 is 0 Å². The van der Waals surface area contributed by atoms with E-state index in [4.69, 9.17) is 19.9 Å². The molecule has 2 rings (SSSR count). The van der Waals surface area contributed by atoms with Crippen LogP contribution in [0.25, 0.3) is 0 Å². The summed E-state index contributed by atoms with van der Waals surface area (Å²) in [5, 5.41) is 0. The zero-order valence-electron chi connectivity index (χ0n) is 15.2. The van der Waals surface area contributed by atoms with Gasteiger partial charge >= 0.3 is 0 Å². The number of carbonyl (C=O) groups excluding carboxylic acids is 1. The third-order valence-corrected chi connectivity index (χ3v) is 4.57. The van der Waals surface area contributed by atoms with E-state index in [2.05, 4.69) is 0 Å². The molecule has 1 amide bonds. The summed E-state index contributed by atoms with van der Waals surface area (Å²) in [5.74, 6) is 1.95. The van der Waals surface area contributed by atoms with Gasteiger partial charge in [0.05, 0.1) is 21.3 Å². The fraction of sp³-hybridized carbons (Fsp3) is 0.611. The molecule has 0 saturated carbocycles. The lowest BCUT2D eigenvalue weighted by molar-refractivity contribution is -0.134. The Balaban J connectivity index is 0.00000312. The number of aryl methyl sites for hydroxylation is 1. The lowest BCUT2D eigenvalue weighted by Crippen LogP contribution is -2.47. The summed E-state index contributed by atoms with van der Waals surface area (Å²) in [6.45, 7) is 1.35. The first-order valence-electron chi connectivity index (χ1n) is 8.43. The summed E-state index contributed by atoms with van der Waals surface area (Å²) >= 11 is 0. The van der Waals surface area contributed by atoms with Crippen LogP contribution >= 0.6 is 12.4 Å². The molecule has 0 spiro atoms. The van der Waals surface area contributed by atoms with E-state index >= 15 is 0 Å². The van der Waals surface area contributed by atoms with Gasteiger partial charge in [0.2, 0.25) is 11.7 Å². The van der Waals surface area contributed by atoms with Crippen LogP contribution < -0.4 is 19.9 Å². The Bertz CT molecular complexity index is 543.